The summed E-state index contributed by atoms with van der Waals surface area (Å²) in [7, 11) is 0. The smallest absolute Gasteiger partial charge is 0.160 e. The number of rotatable bonds is 2. The van der Waals surface area contributed by atoms with E-state index in [1.54, 1.807) is 19.1 Å². The average Bonchev–Trinajstić information content (AvgIpc) is 2.35. The number of phenols is 1. The van der Waals surface area contributed by atoms with Crippen molar-refractivity contribution in [1.29, 1.82) is 0 Å². The Kier molecular flexibility index (Phi) is 3.39. The highest BCUT2D eigenvalue weighted by atomic mass is 35.5. The van der Waals surface area contributed by atoms with Crippen LogP contribution in [0.25, 0.3) is 11.1 Å². The zero-order valence-electron chi connectivity index (χ0n) is 10.2. The molecule has 0 aliphatic carbocycles. The lowest BCUT2D eigenvalue weighted by Crippen LogP contribution is -1.96. The van der Waals surface area contributed by atoms with E-state index in [9.17, 15) is 9.90 Å². The first-order valence-corrected chi connectivity index (χ1v) is 5.98. The molecule has 0 fully saturated rings. The van der Waals surface area contributed by atoms with E-state index in [1.807, 2.05) is 24.3 Å². The van der Waals surface area contributed by atoms with E-state index in [1.165, 1.54) is 6.92 Å². The first-order valence-electron chi connectivity index (χ1n) is 5.60. The molecular weight excluding hydrogens is 248 g/mol. The molecule has 0 spiro atoms. The Morgan fingerprint density at radius 2 is 1.89 bits per heavy atom. The summed E-state index contributed by atoms with van der Waals surface area (Å²) in [5.74, 6) is 0.0909. The molecule has 2 nitrogen and oxygen atoms in total. The van der Waals surface area contributed by atoms with Gasteiger partial charge in [-0.2, -0.15) is 0 Å². The van der Waals surface area contributed by atoms with Gasteiger partial charge in [0.2, 0.25) is 0 Å². The van der Waals surface area contributed by atoms with Crippen molar-refractivity contribution in [2.24, 2.45) is 0 Å². The second-order valence-electron chi connectivity index (χ2n) is 4.23. The van der Waals surface area contributed by atoms with E-state index in [-0.39, 0.29) is 11.5 Å². The number of aryl methyl sites for hydroxylation is 1. The minimum absolute atomic E-state index is 0.00690. The second kappa shape index (κ2) is 4.83. The van der Waals surface area contributed by atoms with Gasteiger partial charge in [-0.05, 0) is 42.7 Å². The van der Waals surface area contributed by atoms with Gasteiger partial charge in [-0.25, -0.2) is 0 Å². The minimum atomic E-state index is 0.00690. The van der Waals surface area contributed by atoms with Crippen LogP contribution in [0.2, 0.25) is 5.02 Å². The molecule has 1 N–H and O–H groups in total. The molecular formula is C15H13ClO2. The van der Waals surface area contributed by atoms with E-state index < -0.39 is 0 Å². The molecule has 0 aliphatic rings. The molecule has 92 valence electrons. The van der Waals surface area contributed by atoms with Crippen LogP contribution in [0, 0.1) is 6.92 Å². The van der Waals surface area contributed by atoms with Gasteiger partial charge in [0.15, 0.2) is 5.78 Å². The molecule has 2 aromatic rings. The number of carbonyl (C=O) groups is 1. The van der Waals surface area contributed by atoms with Crippen molar-refractivity contribution in [3.8, 4) is 16.9 Å². The van der Waals surface area contributed by atoms with Crippen molar-refractivity contribution in [1.82, 2.24) is 0 Å². The zero-order valence-corrected chi connectivity index (χ0v) is 11.0. The van der Waals surface area contributed by atoms with Crippen LogP contribution < -0.4 is 0 Å². The molecule has 0 bridgehead atoms. The summed E-state index contributed by atoms with van der Waals surface area (Å²) in [5.41, 5.74) is 3.01. The van der Waals surface area contributed by atoms with Crippen molar-refractivity contribution in [2.75, 3.05) is 0 Å². The summed E-state index contributed by atoms with van der Waals surface area (Å²) in [6.07, 6.45) is 0. The van der Waals surface area contributed by atoms with Crippen molar-refractivity contribution < 1.29 is 9.90 Å². The molecule has 0 amide bonds. The summed E-state index contributed by atoms with van der Waals surface area (Å²) in [6, 6.07) is 10.9. The Balaban J connectivity index is 2.66. The predicted octanol–water partition coefficient (Wildman–Crippen LogP) is 4.22. The molecule has 3 heteroatoms. The molecule has 0 aliphatic heterocycles. The summed E-state index contributed by atoms with van der Waals surface area (Å²) < 4.78 is 0. The third kappa shape index (κ3) is 2.24. The Morgan fingerprint density at radius 3 is 2.50 bits per heavy atom. The highest BCUT2D eigenvalue weighted by molar-refractivity contribution is 6.32. The topological polar surface area (TPSA) is 37.3 Å². The van der Waals surface area contributed by atoms with Crippen molar-refractivity contribution >= 4 is 17.4 Å². The van der Waals surface area contributed by atoms with Gasteiger partial charge in [-0.1, -0.05) is 35.9 Å². The number of benzene rings is 2. The maximum Gasteiger partial charge on any atom is 0.160 e. The predicted molar refractivity (Wildman–Crippen MR) is 73.3 cm³/mol. The number of halogens is 1. The van der Waals surface area contributed by atoms with Crippen LogP contribution in [0.15, 0.2) is 36.4 Å². The van der Waals surface area contributed by atoms with Gasteiger partial charge in [0.05, 0.1) is 5.02 Å². The quantitative estimate of drug-likeness (QED) is 0.821. The molecule has 18 heavy (non-hydrogen) atoms. The third-order valence-electron chi connectivity index (χ3n) is 2.87. The van der Waals surface area contributed by atoms with Crippen LogP contribution in [-0.2, 0) is 0 Å². The Morgan fingerprint density at radius 1 is 1.22 bits per heavy atom. The van der Waals surface area contributed by atoms with E-state index in [4.69, 9.17) is 11.6 Å². The summed E-state index contributed by atoms with van der Waals surface area (Å²) >= 11 is 5.97. The maximum absolute atomic E-state index is 11.6. The van der Waals surface area contributed by atoms with Gasteiger partial charge in [0, 0.05) is 5.56 Å². The summed E-state index contributed by atoms with van der Waals surface area (Å²) in [4.78, 5) is 11.6. The summed E-state index contributed by atoms with van der Waals surface area (Å²) in [5, 5.41) is 9.95. The lowest BCUT2D eigenvalue weighted by Gasteiger charge is -2.10. The largest absolute Gasteiger partial charge is 0.506 e. The van der Waals surface area contributed by atoms with Crippen LogP contribution in [0.5, 0.6) is 5.75 Å². The molecule has 0 saturated carbocycles. The van der Waals surface area contributed by atoms with Gasteiger partial charge in [0.25, 0.3) is 0 Å². The molecule has 2 aromatic carbocycles. The number of ketones is 1. The van der Waals surface area contributed by atoms with Crippen LogP contribution in [-0.4, -0.2) is 10.9 Å². The van der Waals surface area contributed by atoms with Crippen molar-refractivity contribution in [2.45, 2.75) is 13.8 Å². The lowest BCUT2D eigenvalue weighted by molar-refractivity contribution is 0.101. The Bertz CT molecular complexity index is 595. The van der Waals surface area contributed by atoms with Crippen LogP contribution >= 0.6 is 11.6 Å². The van der Waals surface area contributed by atoms with Crippen LogP contribution in [0.4, 0.5) is 0 Å². The fourth-order valence-corrected chi connectivity index (χ4v) is 2.20. The van der Waals surface area contributed by atoms with Crippen LogP contribution in [0.3, 0.4) is 0 Å². The number of carbonyl (C=O) groups excluding carboxylic acids is 1. The zero-order chi connectivity index (χ0) is 13.3. The van der Waals surface area contributed by atoms with Crippen LogP contribution in [0.1, 0.15) is 22.8 Å². The monoisotopic (exact) mass is 260 g/mol. The number of phenolic OH excluding ortho intramolecular Hbond substituents is 1. The fraction of sp³-hybridized carbons (Fsp3) is 0.133. The van der Waals surface area contributed by atoms with Gasteiger partial charge in [-0.15, -0.1) is 0 Å². The first kappa shape index (κ1) is 12.7. The van der Waals surface area contributed by atoms with Gasteiger partial charge in [0.1, 0.15) is 5.75 Å². The van der Waals surface area contributed by atoms with E-state index in [0.29, 0.717) is 16.1 Å². The summed E-state index contributed by atoms with van der Waals surface area (Å²) in [6.45, 7) is 3.31. The Hall–Kier alpha value is -1.80. The molecule has 2 rings (SSSR count). The number of hydrogen-bond donors (Lipinski definition) is 1. The highest BCUT2D eigenvalue weighted by Crippen LogP contribution is 2.34. The van der Waals surface area contributed by atoms with Gasteiger partial charge < -0.3 is 5.11 Å². The van der Waals surface area contributed by atoms with Gasteiger partial charge >= 0.3 is 0 Å². The number of aromatic hydroxyl groups is 1. The van der Waals surface area contributed by atoms with Crippen molar-refractivity contribution in [3.05, 3.63) is 52.5 Å². The maximum atomic E-state index is 11.6. The van der Waals surface area contributed by atoms with E-state index in [0.717, 1.165) is 11.1 Å². The van der Waals surface area contributed by atoms with E-state index >= 15 is 0 Å². The van der Waals surface area contributed by atoms with Gasteiger partial charge in [-0.3, -0.25) is 4.79 Å². The minimum Gasteiger partial charge on any atom is -0.506 e. The molecule has 0 aromatic heterocycles. The average molecular weight is 261 g/mol. The number of Topliss-reactive ketones (excluding diaryl/α,β-unsaturated/α-hetero) is 1. The number of hydrogen-bond acceptors (Lipinski definition) is 2. The standard InChI is InChI=1S/C15H13ClO2/c1-9-7-11(8-14(16)15(9)18)13-6-4-3-5-12(13)10(2)17/h3-8,18H,1-2H3. The molecule has 0 atom stereocenters. The third-order valence-corrected chi connectivity index (χ3v) is 3.16. The highest BCUT2D eigenvalue weighted by Gasteiger charge is 2.11. The van der Waals surface area contributed by atoms with E-state index in [2.05, 4.69) is 0 Å². The normalized spacial score (nSPS) is 10.4. The Labute approximate surface area is 111 Å². The lowest BCUT2D eigenvalue weighted by atomic mass is 9.96. The SMILES string of the molecule is CC(=O)c1ccccc1-c1cc(C)c(O)c(Cl)c1. The molecule has 0 heterocycles. The molecule has 0 unspecified atom stereocenters. The second-order valence-corrected chi connectivity index (χ2v) is 4.63. The molecule has 0 radical (unpaired) electrons. The first-order chi connectivity index (χ1) is 8.50. The fourth-order valence-electron chi connectivity index (χ4n) is 1.93. The van der Waals surface area contributed by atoms with Crippen molar-refractivity contribution in [3.63, 3.8) is 0 Å². The molecule has 0 saturated heterocycles.